The van der Waals surface area contributed by atoms with E-state index in [1.54, 1.807) is 41.1 Å². The summed E-state index contributed by atoms with van der Waals surface area (Å²) in [5, 5.41) is 7.65. The molecular formula is C22H18ClN5OS. The molecule has 1 N–H and O–H groups in total. The third-order valence-corrected chi connectivity index (χ3v) is 5.90. The average Bonchev–Trinajstić information content (AvgIpc) is 3.31. The van der Waals surface area contributed by atoms with E-state index in [1.807, 2.05) is 42.5 Å². The van der Waals surface area contributed by atoms with E-state index in [0.29, 0.717) is 22.3 Å². The highest BCUT2D eigenvalue weighted by Gasteiger charge is 2.16. The number of rotatable bonds is 7. The van der Waals surface area contributed by atoms with Gasteiger partial charge in [0.05, 0.1) is 22.9 Å². The van der Waals surface area contributed by atoms with Crippen molar-refractivity contribution in [3.8, 4) is 5.82 Å². The van der Waals surface area contributed by atoms with Crippen LogP contribution in [0.15, 0.2) is 85.6 Å². The monoisotopic (exact) mass is 435 g/mol. The minimum Gasteiger partial charge on any atom is -0.324 e. The minimum absolute atomic E-state index is 0.0297. The molecule has 0 aliphatic rings. The van der Waals surface area contributed by atoms with Crippen LogP contribution in [0.4, 0.5) is 5.69 Å². The molecule has 8 heteroatoms. The van der Waals surface area contributed by atoms with Crippen LogP contribution in [-0.4, -0.2) is 31.4 Å². The van der Waals surface area contributed by atoms with Crippen LogP contribution in [0.1, 0.15) is 16.4 Å². The van der Waals surface area contributed by atoms with Crippen molar-refractivity contribution in [1.82, 2.24) is 19.7 Å². The molecular weight excluding hydrogens is 418 g/mol. The first-order valence-corrected chi connectivity index (χ1v) is 10.6. The fourth-order valence-corrected chi connectivity index (χ4v) is 4.14. The average molecular weight is 436 g/mol. The number of hydrogen-bond donors (Lipinski definition) is 1. The molecule has 1 unspecified atom stereocenters. The number of thioether (sulfide) groups is 1. The lowest BCUT2D eigenvalue weighted by Crippen LogP contribution is -2.15. The quantitative estimate of drug-likeness (QED) is 0.452. The summed E-state index contributed by atoms with van der Waals surface area (Å²) in [6.07, 6.45) is 4.61. The number of anilines is 1. The van der Waals surface area contributed by atoms with Gasteiger partial charge in [-0.15, -0.1) is 11.8 Å². The van der Waals surface area contributed by atoms with Gasteiger partial charge in [-0.05, 0) is 35.4 Å². The largest absolute Gasteiger partial charge is 0.324 e. The first-order valence-electron chi connectivity index (χ1n) is 9.22. The number of carbonyl (C=O) groups excluding carboxylic acids is 1. The van der Waals surface area contributed by atoms with Crippen LogP contribution in [0.25, 0.3) is 5.82 Å². The van der Waals surface area contributed by atoms with Crippen molar-refractivity contribution in [1.29, 1.82) is 0 Å². The molecule has 0 aliphatic carbocycles. The number of nitrogens with zero attached hydrogens (tertiary/aromatic N) is 4. The highest BCUT2D eigenvalue weighted by Crippen LogP contribution is 2.36. The SMILES string of the molecule is O=C(CSC(c1ccccc1)c1ccc(Cl)cc1)Nc1ccc(-n2cncn2)nc1. The standard InChI is InChI=1S/C22H18ClN5OS/c23-18-8-6-17(7-9-18)22(16-4-2-1-3-5-16)30-13-21(29)27-19-10-11-20(25-12-19)28-15-24-14-26-28/h1-12,14-15,22H,13H2,(H,27,29). The second-order valence-electron chi connectivity index (χ2n) is 6.45. The van der Waals surface area contributed by atoms with Crippen LogP contribution in [0, 0.1) is 0 Å². The van der Waals surface area contributed by atoms with Crippen LogP contribution < -0.4 is 5.32 Å². The molecule has 0 spiro atoms. The van der Waals surface area contributed by atoms with E-state index in [-0.39, 0.29) is 11.2 Å². The van der Waals surface area contributed by atoms with E-state index in [0.717, 1.165) is 11.1 Å². The van der Waals surface area contributed by atoms with Crippen LogP contribution in [-0.2, 0) is 4.79 Å². The predicted molar refractivity (Wildman–Crippen MR) is 120 cm³/mol. The molecule has 2 aromatic carbocycles. The topological polar surface area (TPSA) is 72.7 Å². The number of aromatic nitrogens is 4. The number of nitrogens with one attached hydrogen (secondary N) is 1. The van der Waals surface area contributed by atoms with E-state index in [1.165, 1.54) is 6.33 Å². The van der Waals surface area contributed by atoms with Gasteiger partial charge >= 0.3 is 0 Å². The van der Waals surface area contributed by atoms with E-state index in [9.17, 15) is 4.79 Å². The van der Waals surface area contributed by atoms with Gasteiger partial charge in [-0.2, -0.15) is 5.10 Å². The molecule has 1 atom stereocenters. The molecule has 0 saturated heterocycles. The Morgan fingerprint density at radius 2 is 1.80 bits per heavy atom. The summed E-state index contributed by atoms with van der Waals surface area (Å²) in [6, 6.07) is 21.4. The fraction of sp³-hybridized carbons (Fsp3) is 0.0909. The molecule has 0 bridgehead atoms. The molecule has 0 saturated carbocycles. The number of carbonyl (C=O) groups is 1. The molecule has 4 aromatic rings. The third-order valence-electron chi connectivity index (χ3n) is 4.34. The number of amides is 1. The van der Waals surface area contributed by atoms with Crippen molar-refractivity contribution in [3.63, 3.8) is 0 Å². The number of benzene rings is 2. The Hall–Kier alpha value is -3.16. The molecule has 0 fully saturated rings. The summed E-state index contributed by atoms with van der Waals surface area (Å²) in [7, 11) is 0. The van der Waals surface area contributed by atoms with Crippen molar-refractivity contribution >= 4 is 35.0 Å². The summed E-state index contributed by atoms with van der Waals surface area (Å²) < 4.78 is 1.55. The van der Waals surface area contributed by atoms with Crippen molar-refractivity contribution in [2.24, 2.45) is 0 Å². The molecule has 2 heterocycles. The fourth-order valence-electron chi connectivity index (χ4n) is 2.93. The Bertz CT molecular complexity index is 1090. The molecule has 30 heavy (non-hydrogen) atoms. The Balaban J connectivity index is 1.42. The zero-order valence-corrected chi connectivity index (χ0v) is 17.4. The van der Waals surface area contributed by atoms with Gasteiger partial charge < -0.3 is 5.32 Å². The Morgan fingerprint density at radius 3 is 2.47 bits per heavy atom. The van der Waals surface area contributed by atoms with Gasteiger partial charge in [-0.25, -0.2) is 14.6 Å². The Morgan fingerprint density at radius 1 is 1.03 bits per heavy atom. The van der Waals surface area contributed by atoms with E-state index < -0.39 is 0 Å². The van der Waals surface area contributed by atoms with Crippen LogP contribution in [0.5, 0.6) is 0 Å². The smallest absolute Gasteiger partial charge is 0.234 e. The zero-order valence-electron chi connectivity index (χ0n) is 15.9. The molecule has 0 aliphatic heterocycles. The molecule has 0 radical (unpaired) electrons. The van der Waals surface area contributed by atoms with Crippen molar-refractivity contribution < 1.29 is 4.79 Å². The zero-order chi connectivity index (χ0) is 20.8. The molecule has 6 nitrogen and oxygen atoms in total. The summed E-state index contributed by atoms with van der Waals surface area (Å²) in [6.45, 7) is 0. The van der Waals surface area contributed by atoms with Crippen molar-refractivity contribution in [2.75, 3.05) is 11.1 Å². The first kappa shape index (κ1) is 20.1. The lowest BCUT2D eigenvalue weighted by Gasteiger charge is -2.18. The summed E-state index contributed by atoms with van der Waals surface area (Å²) in [5.74, 6) is 0.837. The molecule has 4 rings (SSSR count). The first-order chi connectivity index (χ1) is 14.7. The van der Waals surface area contributed by atoms with E-state index in [4.69, 9.17) is 11.6 Å². The van der Waals surface area contributed by atoms with Crippen molar-refractivity contribution in [2.45, 2.75) is 5.25 Å². The van der Waals surface area contributed by atoms with Gasteiger partial charge in [0.15, 0.2) is 5.82 Å². The summed E-state index contributed by atoms with van der Waals surface area (Å²) in [5.41, 5.74) is 2.87. The van der Waals surface area contributed by atoms with Crippen LogP contribution in [0.3, 0.4) is 0 Å². The second-order valence-corrected chi connectivity index (χ2v) is 7.98. The highest BCUT2D eigenvalue weighted by molar-refractivity contribution is 8.00. The Labute approximate surface area is 183 Å². The normalized spacial score (nSPS) is 11.8. The number of halogens is 1. The predicted octanol–water partition coefficient (Wildman–Crippen LogP) is 4.78. The maximum Gasteiger partial charge on any atom is 0.234 e. The Kier molecular flexibility index (Phi) is 6.41. The molecule has 150 valence electrons. The van der Waals surface area contributed by atoms with Gasteiger partial charge in [-0.3, -0.25) is 4.79 Å². The van der Waals surface area contributed by atoms with Gasteiger partial charge in [0, 0.05) is 5.02 Å². The van der Waals surface area contributed by atoms with Crippen LogP contribution >= 0.6 is 23.4 Å². The van der Waals surface area contributed by atoms with Gasteiger partial charge in [0.25, 0.3) is 0 Å². The maximum absolute atomic E-state index is 12.5. The number of pyridine rings is 1. The molecule has 1 amide bonds. The van der Waals surface area contributed by atoms with Gasteiger partial charge in [0.2, 0.25) is 5.91 Å². The third kappa shape index (κ3) is 5.06. The van der Waals surface area contributed by atoms with Crippen LogP contribution in [0.2, 0.25) is 5.02 Å². The second kappa shape index (κ2) is 9.56. The summed E-state index contributed by atoms with van der Waals surface area (Å²) in [4.78, 5) is 20.7. The molecule has 2 aromatic heterocycles. The van der Waals surface area contributed by atoms with Crippen molar-refractivity contribution in [3.05, 3.63) is 102 Å². The minimum atomic E-state index is -0.0924. The summed E-state index contributed by atoms with van der Waals surface area (Å²) >= 11 is 7.60. The lowest BCUT2D eigenvalue weighted by molar-refractivity contribution is -0.113. The number of hydrogen-bond acceptors (Lipinski definition) is 5. The lowest BCUT2D eigenvalue weighted by atomic mass is 10.0. The van der Waals surface area contributed by atoms with Gasteiger partial charge in [-0.1, -0.05) is 54.1 Å². The van der Waals surface area contributed by atoms with E-state index >= 15 is 0 Å². The maximum atomic E-state index is 12.5. The van der Waals surface area contributed by atoms with E-state index in [2.05, 4.69) is 32.5 Å². The van der Waals surface area contributed by atoms with Gasteiger partial charge in [0.1, 0.15) is 12.7 Å². The highest BCUT2D eigenvalue weighted by atomic mass is 35.5.